The Kier molecular flexibility index (Phi) is 2.82. The summed E-state index contributed by atoms with van der Waals surface area (Å²) in [6.07, 6.45) is 0.0531. The van der Waals surface area contributed by atoms with E-state index in [0.29, 0.717) is 0 Å². The molecular weight excluding hydrogens is 188 g/mol. The van der Waals surface area contributed by atoms with E-state index < -0.39 is 0 Å². The predicted octanol–water partition coefficient (Wildman–Crippen LogP) is 2.14. The average molecular weight is 206 g/mol. The molecule has 1 atom stereocenters. The summed E-state index contributed by atoms with van der Waals surface area (Å²) in [5.74, 6) is 0.990. The molecule has 0 spiro atoms. The lowest BCUT2D eigenvalue weighted by atomic mass is 10.3. The number of hydrogen-bond acceptors (Lipinski definition) is 3. The number of benzene rings is 1. The fourth-order valence-electron chi connectivity index (χ4n) is 1.90. The molecular formula is C12H18N2O. The van der Waals surface area contributed by atoms with Gasteiger partial charge in [0.25, 0.3) is 0 Å². The zero-order valence-electron chi connectivity index (χ0n) is 9.60. The highest BCUT2D eigenvalue weighted by Crippen LogP contribution is 2.36. The van der Waals surface area contributed by atoms with E-state index in [-0.39, 0.29) is 6.35 Å². The van der Waals surface area contributed by atoms with Gasteiger partial charge in [-0.05, 0) is 26.1 Å². The van der Waals surface area contributed by atoms with Crippen LogP contribution < -0.4 is 9.64 Å². The van der Waals surface area contributed by atoms with Crippen LogP contribution in [0.25, 0.3) is 0 Å². The molecule has 0 radical (unpaired) electrons. The molecule has 1 aliphatic heterocycles. The van der Waals surface area contributed by atoms with Crippen molar-refractivity contribution in [3.63, 3.8) is 0 Å². The van der Waals surface area contributed by atoms with E-state index in [1.807, 2.05) is 12.1 Å². The van der Waals surface area contributed by atoms with Crippen LogP contribution in [0.2, 0.25) is 0 Å². The van der Waals surface area contributed by atoms with Gasteiger partial charge in [0, 0.05) is 13.1 Å². The molecule has 0 aliphatic carbocycles. The minimum Gasteiger partial charge on any atom is -0.455 e. The van der Waals surface area contributed by atoms with Crippen molar-refractivity contribution in [2.45, 2.75) is 20.2 Å². The molecule has 0 aromatic heterocycles. The number of rotatable bonds is 3. The Bertz CT molecular complexity index is 340. The van der Waals surface area contributed by atoms with Gasteiger partial charge in [-0.2, -0.15) is 0 Å². The van der Waals surface area contributed by atoms with Gasteiger partial charge in [-0.15, -0.1) is 0 Å². The molecule has 1 heterocycles. The van der Waals surface area contributed by atoms with Crippen LogP contribution in [0.3, 0.4) is 0 Å². The first kappa shape index (κ1) is 10.3. The highest BCUT2D eigenvalue weighted by molar-refractivity contribution is 5.61. The lowest BCUT2D eigenvalue weighted by molar-refractivity contribution is 0.0643. The highest BCUT2D eigenvalue weighted by Gasteiger charge is 2.31. The first-order valence-electron chi connectivity index (χ1n) is 5.50. The van der Waals surface area contributed by atoms with Crippen LogP contribution in [0.5, 0.6) is 5.75 Å². The highest BCUT2D eigenvalue weighted by atomic mass is 16.5. The van der Waals surface area contributed by atoms with Crippen LogP contribution >= 0.6 is 0 Å². The topological polar surface area (TPSA) is 15.7 Å². The van der Waals surface area contributed by atoms with E-state index >= 15 is 0 Å². The van der Waals surface area contributed by atoms with Gasteiger partial charge in [0.15, 0.2) is 0 Å². The van der Waals surface area contributed by atoms with Crippen LogP contribution in [0.15, 0.2) is 24.3 Å². The van der Waals surface area contributed by atoms with E-state index in [0.717, 1.165) is 18.8 Å². The molecule has 1 aromatic carbocycles. The second-order valence-corrected chi connectivity index (χ2v) is 3.77. The van der Waals surface area contributed by atoms with Crippen LogP contribution in [0.4, 0.5) is 5.69 Å². The van der Waals surface area contributed by atoms with Gasteiger partial charge in [0.05, 0.1) is 5.69 Å². The molecule has 0 amide bonds. The number of hydrogen-bond donors (Lipinski definition) is 0. The van der Waals surface area contributed by atoms with Gasteiger partial charge in [-0.3, -0.25) is 4.90 Å². The summed E-state index contributed by atoms with van der Waals surface area (Å²) in [5.41, 5.74) is 1.20. The minimum absolute atomic E-state index is 0.0531. The van der Waals surface area contributed by atoms with Crippen molar-refractivity contribution in [2.24, 2.45) is 0 Å². The van der Waals surface area contributed by atoms with Crippen molar-refractivity contribution >= 4 is 5.69 Å². The smallest absolute Gasteiger partial charge is 0.232 e. The van der Waals surface area contributed by atoms with Crippen molar-refractivity contribution in [3.05, 3.63) is 24.3 Å². The summed E-state index contributed by atoms with van der Waals surface area (Å²) in [4.78, 5) is 4.47. The van der Waals surface area contributed by atoms with Gasteiger partial charge < -0.3 is 9.64 Å². The van der Waals surface area contributed by atoms with E-state index in [9.17, 15) is 0 Å². The maximum atomic E-state index is 5.91. The molecule has 2 rings (SSSR count). The van der Waals surface area contributed by atoms with Crippen molar-refractivity contribution in [3.8, 4) is 5.75 Å². The van der Waals surface area contributed by atoms with E-state index in [1.54, 1.807) is 0 Å². The van der Waals surface area contributed by atoms with Crippen molar-refractivity contribution < 1.29 is 4.74 Å². The third-order valence-corrected chi connectivity index (χ3v) is 2.89. The average Bonchev–Trinajstić information content (AvgIpc) is 2.66. The summed E-state index contributed by atoms with van der Waals surface area (Å²) in [6.45, 7) is 6.24. The molecule has 15 heavy (non-hydrogen) atoms. The molecule has 3 nitrogen and oxygen atoms in total. The summed E-state index contributed by atoms with van der Waals surface area (Å²) >= 11 is 0. The van der Waals surface area contributed by atoms with Gasteiger partial charge >= 0.3 is 0 Å². The molecule has 82 valence electrons. The Balaban J connectivity index is 2.28. The zero-order chi connectivity index (χ0) is 10.8. The Labute approximate surface area is 91.2 Å². The van der Waals surface area contributed by atoms with Crippen LogP contribution in [0.1, 0.15) is 13.8 Å². The number of ether oxygens (including phenoxy) is 1. The number of anilines is 1. The quantitative estimate of drug-likeness (QED) is 0.753. The third-order valence-electron chi connectivity index (χ3n) is 2.89. The summed E-state index contributed by atoms with van der Waals surface area (Å²) in [5, 5.41) is 0. The van der Waals surface area contributed by atoms with Gasteiger partial charge in [0.2, 0.25) is 6.35 Å². The lowest BCUT2D eigenvalue weighted by Gasteiger charge is -2.30. The van der Waals surface area contributed by atoms with E-state index in [1.165, 1.54) is 5.69 Å². The second-order valence-electron chi connectivity index (χ2n) is 3.77. The van der Waals surface area contributed by atoms with Crippen molar-refractivity contribution in [2.75, 3.05) is 25.0 Å². The molecule has 0 saturated carbocycles. The molecule has 3 heteroatoms. The largest absolute Gasteiger partial charge is 0.455 e. The van der Waals surface area contributed by atoms with Crippen LogP contribution in [-0.2, 0) is 0 Å². The van der Waals surface area contributed by atoms with Gasteiger partial charge in [0.1, 0.15) is 5.75 Å². The molecule has 0 bridgehead atoms. The Morgan fingerprint density at radius 3 is 2.73 bits per heavy atom. The Morgan fingerprint density at radius 1 is 1.33 bits per heavy atom. The molecule has 0 saturated heterocycles. The van der Waals surface area contributed by atoms with Crippen LogP contribution in [-0.4, -0.2) is 31.4 Å². The van der Waals surface area contributed by atoms with Crippen molar-refractivity contribution in [1.29, 1.82) is 0 Å². The normalized spacial score (nSPS) is 19.2. The number of para-hydroxylation sites is 2. The Morgan fingerprint density at radius 2 is 2.07 bits per heavy atom. The lowest BCUT2D eigenvalue weighted by Crippen LogP contribution is -2.47. The fourth-order valence-corrected chi connectivity index (χ4v) is 1.90. The van der Waals surface area contributed by atoms with Crippen molar-refractivity contribution in [1.82, 2.24) is 4.90 Å². The molecule has 1 aliphatic rings. The summed E-state index contributed by atoms with van der Waals surface area (Å²) in [7, 11) is 2.08. The molecule has 1 unspecified atom stereocenters. The Hall–Kier alpha value is -1.22. The zero-order valence-corrected chi connectivity index (χ0v) is 9.60. The number of nitrogens with zero attached hydrogens (tertiary/aromatic N) is 2. The van der Waals surface area contributed by atoms with E-state index in [4.69, 9.17) is 4.74 Å². The fraction of sp³-hybridized carbons (Fsp3) is 0.500. The number of fused-ring (bicyclic) bond motifs is 1. The van der Waals surface area contributed by atoms with Gasteiger partial charge in [-0.1, -0.05) is 19.1 Å². The molecule has 0 fully saturated rings. The SMILES string of the molecule is CCN(C)C1Oc2ccccc2N1CC. The molecule has 1 aromatic rings. The third kappa shape index (κ3) is 1.67. The maximum Gasteiger partial charge on any atom is 0.232 e. The molecule has 0 N–H and O–H groups in total. The van der Waals surface area contributed by atoms with Crippen LogP contribution in [0, 0.1) is 0 Å². The second kappa shape index (κ2) is 4.11. The minimum atomic E-state index is 0.0531. The van der Waals surface area contributed by atoms with E-state index in [2.05, 4.69) is 42.8 Å². The first-order valence-corrected chi connectivity index (χ1v) is 5.50. The summed E-state index contributed by atoms with van der Waals surface area (Å²) < 4.78 is 5.91. The standard InChI is InChI=1S/C12H18N2O/c1-4-13(3)12-14(5-2)10-8-6-7-9-11(10)15-12/h6-9,12H,4-5H2,1-3H3. The first-order chi connectivity index (χ1) is 7.27. The monoisotopic (exact) mass is 206 g/mol. The summed E-state index contributed by atoms with van der Waals surface area (Å²) in [6, 6.07) is 8.21. The van der Waals surface area contributed by atoms with Gasteiger partial charge in [-0.25, -0.2) is 0 Å². The maximum absolute atomic E-state index is 5.91. The predicted molar refractivity (Wildman–Crippen MR) is 62.2 cm³/mol.